The number of ether oxygens (including phenoxy) is 1. The van der Waals surface area contributed by atoms with Crippen LogP contribution in [0.1, 0.15) is 52.0 Å². The van der Waals surface area contributed by atoms with Crippen LogP contribution in [-0.2, 0) is 4.74 Å². The van der Waals surface area contributed by atoms with Crippen LogP contribution in [0.5, 0.6) is 0 Å². The quantitative estimate of drug-likeness (QED) is 0.878. The molecule has 1 fully saturated rings. The van der Waals surface area contributed by atoms with Crippen molar-refractivity contribution in [2.75, 3.05) is 5.32 Å². The Morgan fingerprint density at radius 1 is 1.14 bits per heavy atom. The molecule has 0 radical (unpaired) electrons. The summed E-state index contributed by atoms with van der Waals surface area (Å²) in [5, 5.41) is 6.57. The first kappa shape index (κ1) is 16.7. The molecule has 1 aliphatic rings. The molecule has 1 amide bonds. The number of hydrogen-bond donors (Lipinski definition) is 2. The minimum absolute atomic E-state index is 0.227. The second kappa shape index (κ2) is 7.03. The summed E-state index contributed by atoms with van der Waals surface area (Å²) in [6.45, 7) is 7.76. The van der Waals surface area contributed by atoms with E-state index in [9.17, 15) is 4.79 Å². The number of benzene rings is 1. The highest BCUT2D eigenvalue weighted by molar-refractivity contribution is 5.68. The Kier molecular flexibility index (Phi) is 5.33. The number of carbonyl (C=O) groups excluding carboxylic acids is 1. The van der Waals surface area contributed by atoms with Gasteiger partial charge in [-0.05, 0) is 71.1 Å². The third-order valence-electron chi connectivity index (χ3n) is 3.84. The van der Waals surface area contributed by atoms with E-state index in [2.05, 4.69) is 41.8 Å². The van der Waals surface area contributed by atoms with Crippen molar-refractivity contribution >= 4 is 11.8 Å². The first-order valence-electron chi connectivity index (χ1n) is 8.14. The molecule has 1 aromatic carbocycles. The van der Waals surface area contributed by atoms with Gasteiger partial charge in [0.2, 0.25) is 0 Å². The molecule has 2 N–H and O–H groups in total. The van der Waals surface area contributed by atoms with Gasteiger partial charge in [0.25, 0.3) is 0 Å². The van der Waals surface area contributed by atoms with Gasteiger partial charge < -0.3 is 15.4 Å². The summed E-state index contributed by atoms with van der Waals surface area (Å²) in [5.41, 5.74) is 2.02. The van der Waals surface area contributed by atoms with Gasteiger partial charge in [0.1, 0.15) is 5.60 Å². The molecule has 0 heterocycles. The lowest BCUT2D eigenvalue weighted by Crippen LogP contribution is -2.42. The number of carbonyl (C=O) groups is 1. The number of alkyl carbamates (subject to hydrolysis) is 1. The molecule has 0 unspecified atom stereocenters. The smallest absolute Gasteiger partial charge is 0.407 e. The second-order valence-corrected chi connectivity index (χ2v) is 7.21. The summed E-state index contributed by atoms with van der Waals surface area (Å²) in [5.74, 6) is 0. The average Bonchev–Trinajstić information content (AvgIpc) is 2.39. The Morgan fingerprint density at radius 2 is 1.77 bits per heavy atom. The topological polar surface area (TPSA) is 50.4 Å². The van der Waals surface area contributed by atoms with Crippen molar-refractivity contribution in [3.8, 4) is 0 Å². The molecule has 0 saturated heterocycles. The predicted molar refractivity (Wildman–Crippen MR) is 90.2 cm³/mol. The summed E-state index contributed by atoms with van der Waals surface area (Å²) in [4.78, 5) is 11.8. The van der Waals surface area contributed by atoms with E-state index in [0.717, 1.165) is 25.7 Å². The number of nitrogens with one attached hydrogen (secondary N) is 2. The highest BCUT2D eigenvalue weighted by atomic mass is 16.6. The van der Waals surface area contributed by atoms with Crippen LogP contribution in [0, 0.1) is 6.92 Å². The van der Waals surface area contributed by atoms with Gasteiger partial charge in [-0.3, -0.25) is 0 Å². The average molecular weight is 304 g/mol. The van der Waals surface area contributed by atoms with E-state index in [1.807, 2.05) is 20.8 Å². The van der Waals surface area contributed by atoms with Crippen molar-refractivity contribution in [1.82, 2.24) is 5.32 Å². The zero-order valence-corrected chi connectivity index (χ0v) is 14.1. The van der Waals surface area contributed by atoms with E-state index in [-0.39, 0.29) is 12.1 Å². The Labute approximate surface area is 133 Å². The minimum atomic E-state index is -0.436. The Hall–Kier alpha value is -1.71. The fraction of sp³-hybridized carbons (Fsp3) is 0.611. The maximum atomic E-state index is 11.8. The third kappa shape index (κ3) is 5.58. The van der Waals surface area contributed by atoms with Gasteiger partial charge in [-0.2, -0.15) is 0 Å². The molecule has 1 saturated carbocycles. The molecule has 4 nitrogen and oxygen atoms in total. The van der Waals surface area contributed by atoms with Crippen molar-refractivity contribution in [1.29, 1.82) is 0 Å². The molecule has 1 aliphatic carbocycles. The van der Waals surface area contributed by atoms with Gasteiger partial charge in [-0.15, -0.1) is 0 Å². The number of hydrogen-bond acceptors (Lipinski definition) is 3. The maximum Gasteiger partial charge on any atom is 0.407 e. The van der Waals surface area contributed by atoms with Gasteiger partial charge >= 0.3 is 6.09 Å². The Bertz CT molecular complexity index is 500. The van der Waals surface area contributed by atoms with Crippen LogP contribution in [0.25, 0.3) is 0 Å². The van der Waals surface area contributed by atoms with E-state index < -0.39 is 5.60 Å². The molecule has 0 bridgehead atoms. The van der Waals surface area contributed by atoms with Gasteiger partial charge in [-0.1, -0.05) is 12.1 Å². The second-order valence-electron chi connectivity index (χ2n) is 7.21. The Balaban J connectivity index is 1.75. The predicted octanol–water partition coefficient (Wildman–Crippen LogP) is 4.24. The third-order valence-corrected chi connectivity index (χ3v) is 3.84. The van der Waals surface area contributed by atoms with Crippen LogP contribution in [0.15, 0.2) is 24.3 Å². The summed E-state index contributed by atoms with van der Waals surface area (Å²) in [6.07, 6.45) is 3.80. The largest absolute Gasteiger partial charge is 0.444 e. The lowest BCUT2D eigenvalue weighted by molar-refractivity contribution is 0.0492. The molecule has 0 spiro atoms. The van der Waals surface area contributed by atoms with E-state index in [0.29, 0.717) is 6.04 Å². The van der Waals surface area contributed by atoms with Crippen molar-refractivity contribution in [3.63, 3.8) is 0 Å². The summed E-state index contributed by atoms with van der Waals surface area (Å²) < 4.78 is 5.31. The highest BCUT2D eigenvalue weighted by Gasteiger charge is 2.24. The first-order chi connectivity index (χ1) is 10.3. The monoisotopic (exact) mass is 304 g/mol. The van der Waals surface area contributed by atoms with Gasteiger partial charge in [0, 0.05) is 17.8 Å². The van der Waals surface area contributed by atoms with Crippen molar-refractivity contribution in [2.24, 2.45) is 0 Å². The molecule has 4 heteroatoms. The fourth-order valence-electron chi connectivity index (χ4n) is 2.83. The van der Waals surface area contributed by atoms with E-state index in [1.165, 1.54) is 11.3 Å². The van der Waals surface area contributed by atoms with Crippen LogP contribution in [0.3, 0.4) is 0 Å². The maximum absolute atomic E-state index is 11.8. The standard InChI is InChI=1S/C18H28N2O2/c1-13-6-5-7-16(12-13)19-14-8-10-15(11-9-14)20-17(21)22-18(2,3)4/h5-7,12,14-15,19H,8-11H2,1-4H3,(H,20,21). The molecule has 0 aliphatic heterocycles. The summed E-state index contributed by atoms with van der Waals surface area (Å²) in [6, 6.07) is 9.17. The lowest BCUT2D eigenvalue weighted by atomic mass is 9.91. The normalized spacial score (nSPS) is 22.0. The zero-order chi connectivity index (χ0) is 16.2. The van der Waals surface area contributed by atoms with Crippen LogP contribution in [-0.4, -0.2) is 23.8 Å². The van der Waals surface area contributed by atoms with Gasteiger partial charge in [0.15, 0.2) is 0 Å². The fourth-order valence-corrected chi connectivity index (χ4v) is 2.83. The zero-order valence-electron chi connectivity index (χ0n) is 14.1. The Morgan fingerprint density at radius 3 is 2.36 bits per heavy atom. The SMILES string of the molecule is Cc1cccc(NC2CCC(NC(=O)OC(C)(C)C)CC2)c1. The minimum Gasteiger partial charge on any atom is -0.444 e. The molecule has 22 heavy (non-hydrogen) atoms. The van der Waals surface area contributed by atoms with E-state index in [4.69, 9.17) is 4.74 Å². The number of rotatable bonds is 3. The summed E-state index contributed by atoms with van der Waals surface area (Å²) >= 11 is 0. The summed E-state index contributed by atoms with van der Waals surface area (Å²) in [7, 11) is 0. The molecule has 0 atom stereocenters. The molecular formula is C18H28N2O2. The molecule has 2 rings (SSSR count). The van der Waals surface area contributed by atoms with Gasteiger partial charge in [0.05, 0.1) is 0 Å². The number of aryl methyl sites for hydroxylation is 1. The molecule has 122 valence electrons. The molecular weight excluding hydrogens is 276 g/mol. The van der Waals surface area contributed by atoms with Crippen LogP contribution in [0.2, 0.25) is 0 Å². The van der Waals surface area contributed by atoms with Crippen molar-refractivity contribution in [3.05, 3.63) is 29.8 Å². The van der Waals surface area contributed by atoms with Crippen molar-refractivity contribution in [2.45, 2.75) is 71.1 Å². The van der Waals surface area contributed by atoms with Crippen molar-refractivity contribution < 1.29 is 9.53 Å². The van der Waals surface area contributed by atoms with Crippen LogP contribution < -0.4 is 10.6 Å². The van der Waals surface area contributed by atoms with Crippen LogP contribution >= 0.6 is 0 Å². The molecule has 1 aromatic rings. The van der Waals surface area contributed by atoms with Gasteiger partial charge in [-0.25, -0.2) is 4.79 Å². The van der Waals surface area contributed by atoms with E-state index >= 15 is 0 Å². The highest BCUT2D eigenvalue weighted by Crippen LogP contribution is 2.23. The number of anilines is 1. The van der Waals surface area contributed by atoms with Crippen LogP contribution in [0.4, 0.5) is 10.5 Å². The number of amides is 1. The van der Waals surface area contributed by atoms with E-state index in [1.54, 1.807) is 0 Å². The lowest BCUT2D eigenvalue weighted by Gasteiger charge is -2.31. The first-order valence-corrected chi connectivity index (χ1v) is 8.14. The molecule has 0 aromatic heterocycles.